The van der Waals surface area contributed by atoms with Crippen LogP contribution in [0.3, 0.4) is 0 Å². The molecule has 2 heterocycles. The summed E-state index contributed by atoms with van der Waals surface area (Å²) >= 11 is 1.61. The Balaban J connectivity index is 1.56. The molecule has 2 amide bonds. The lowest BCUT2D eigenvalue weighted by molar-refractivity contribution is -0.125. The number of carbonyl (C=O) groups excluding carboxylic acids is 2. The average molecular weight is 358 g/mol. The molecular weight excluding hydrogens is 336 g/mol. The van der Waals surface area contributed by atoms with Crippen molar-refractivity contribution in [2.75, 3.05) is 11.6 Å². The van der Waals surface area contributed by atoms with Gasteiger partial charge in [-0.1, -0.05) is 18.2 Å². The molecule has 0 aliphatic carbocycles. The number of thioether (sulfide) groups is 1. The van der Waals surface area contributed by atoms with Gasteiger partial charge in [0, 0.05) is 23.8 Å². The summed E-state index contributed by atoms with van der Waals surface area (Å²) in [5, 5.41) is 3.03. The van der Waals surface area contributed by atoms with Crippen molar-refractivity contribution < 1.29 is 14.0 Å². The Morgan fingerprint density at radius 2 is 2.08 bits per heavy atom. The van der Waals surface area contributed by atoms with E-state index >= 15 is 0 Å². The fraction of sp³-hybridized carbons (Fsp3) is 0.368. The molecule has 1 aliphatic heterocycles. The van der Waals surface area contributed by atoms with E-state index in [0.717, 1.165) is 18.6 Å². The molecule has 0 spiro atoms. The molecule has 2 unspecified atom stereocenters. The lowest BCUT2D eigenvalue weighted by atomic mass is 10.1. The molecule has 1 aromatic carbocycles. The first-order chi connectivity index (χ1) is 12.1. The second kappa shape index (κ2) is 8.25. The van der Waals surface area contributed by atoms with Crippen LogP contribution in [0, 0.1) is 0 Å². The fourth-order valence-corrected chi connectivity index (χ4v) is 3.99. The van der Waals surface area contributed by atoms with E-state index in [-0.39, 0.29) is 17.9 Å². The molecule has 0 radical (unpaired) electrons. The smallest absolute Gasteiger partial charge is 0.255 e. The normalized spacial score (nSPS) is 18.1. The first-order valence-electron chi connectivity index (χ1n) is 8.41. The predicted molar refractivity (Wildman–Crippen MR) is 98.4 cm³/mol. The van der Waals surface area contributed by atoms with Crippen molar-refractivity contribution >= 4 is 23.6 Å². The number of carbonyl (C=O) groups is 2. The first kappa shape index (κ1) is 17.6. The highest BCUT2D eigenvalue weighted by Crippen LogP contribution is 2.23. The summed E-state index contributed by atoms with van der Waals surface area (Å²) in [6.45, 7) is 1.98. The zero-order valence-electron chi connectivity index (χ0n) is 14.2. The second-order valence-corrected chi connectivity index (χ2v) is 7.18. The largest absolute Gasteiger partial charge is 0.469 e. The topological polar surface area (TPSA) is 62.6 Å². The van der Waals surface area contributed by atoms with Crippen molar-refractivity contribution in [3.05, 3.63) is 60.1 Å². The van der Waals surface area contributed by atoms with Gasteiger partial charge in [0.2, 0.25) is 5.91 Å². The van der Waals surface area contributed by atoms with Crippen LogP contribution < -0.4 is 5.32 Å². The minimum Gasteiger partial charge on any atom is -0.469 e. The highest BCUT2D eigenvalue weighted by molar-refractivity contribution is 7.99. The van der Waals surface area contributed by atoms with Gasteiger partial charge >= 0.3 is 0 Å². The maximum atomic E-state index is 12.6. The number of aryl methyl sites for hydroxylation is 1. The Morgan fingerprint density at radius 1 is 1.28 bits per heavy atom. The molecule has 5 nitrogen and oxygen atoms in total. The average Bonchev–Trinajstić information content (AvgIpc) is 3.31. The number of benzene rings is 1. The highest BCUT2D eigenvalue weighted by Gasteiger charge is 2.35. The van der Waals surface area contributed by atoms with Crippen LogP contribution in [0.4, 0.5) is 0 Å². The van der Waals surface area contributed by atoms with E-state index in [9.17, 15) is 9.59 Å². The van der Waals surface area contributed by atoms with Crippen molar-refractivity contribution in [1.29, 1.82) is 0 Å². The Bertz CT molecular complexity index is 703. The standard InChI is InChI=1S/C19H22N2O3S/c1-14(9-10-16-8-5-11-24-16)20-18(22)17-12-25-13-21(17)19(23)15-6-3-2-4-7-15/h2-8,11,14,17H,9-10,12-13H2,1H3,(H,20,22). The monoisotopic (exact) mass is 358 g/mol. The van der Waals surface area contributed by atoms with E-state index in [1.807, 2.05) is 37.3 Å². The quantitative estimate of drug-likeness (QED) is 0.862. The summed E-state index contributed by atoms with van der Waals surface area (Å²) in [6.07, 6.45) is 3.23. The van der Waals surface area contributed by atoms with Crippen molar-refractivity contribution in [3.63, 3.8) is 0 Å². The van der Waals surface area contributed by atoms with Gasteiger partial charge in [0.05, 0.1) is 12.1 Å². The number of hydrogen-bond donors (Lipinski definition) is 1. The fourth-order valence-electron chi connectivity index (χ4n) is 2.83. The zero-order chi connectivity index (χ0) is 17.6. The molecular formula is C19H22N2O3S. The van der Waals surface area contributed by atoms with Crippen LogP contribution in [0.1, 0.15) is 29.5 Å². The van der Waals surface area contributed by atoms with Crippen LogP contribution in [0.5, 0.6) is 0 Å². The third kappa shape index (κ3) is 4.45. The van der Waals surface area contributed by atoms with Crippen LogP contribution in [0.25, 0.3) is 0 Å². The molecule has 2 atom stereocenters. The Morgan fingerprint density at radius 3 is 2.80 bits per heavy atom. The van der Waals surface area contributed by atoms with Gasteiger partial charge < -0.3 is 14.6 Å². The van der Waals surface area contributed by atoms with Crippen LogP contribution in [0.2, 0.25) is 0 Å². The molecule has 132 valence electrons. The van der Waals surface area contributed by atoms with Crippen LogP contribution >= 0.6 is 11.8 Å². The minimum absolute atomic E-state index is 0.0249. The van der Waals surface area contributed by atoms with Gasteiger partial charge in [-0.25, -0.2) is 0 Å². The maximum absolute atomic E-state index is 12.6. The third-order valence-corrected chi connectivity index (χ3v) is 5.27. The summed E-state index contributed by atoms with van der Waals surface area (Å²) in [4.78, 5) is 26.9. The van der Waals surface area contributed by atoms with Crippen LogP contribution in [-0.2, 0) is 11.2 Å². The van der Waals surface area contributed by atoms with E-state index in [2.05, 4.69) is 5.32 Å². The molecule has 2 aromatic rings. The van der Waals surface area contributed by atoms with Crippen LogP contribution in [-0.4, -0.2) is 40.4 Å². The van der Waals surface area contributed by atoms with E-state index in [1.54, 1.807) is 35.1 Å². The van der Waals surface area contributed by atoms with Gasteiger partial charge in [-0.15, -0.1) is 11.8 Å². The first-order valence-corrected chi connectivity index (χ1v) is 9.57. The lowest BCUT2D eigenvalue weighted by Gasteiger charge is -2.24. The summed E-state index contributed by atoms with van der Waals surface area (Å²) in [5.41, 5.74) is 0.619. The Labute approximate surface area is 151 Å². The summed E-state index contributed by atoms with van der Waals surface area (Å²) in [7, 11) is 0. The number of hydrogen-bond acceptors (Lipinski definition) is 4. The number of amides is 2. The SMILES string of the molecule is CC(CCc1ccco1)NC(=O)C1CSCN1C(=O)c1ccccc1. The number of nitrogens with one attached hydrogen (secondary N) is 1. The molecule has 1 N–H and O–H groups in total. The predicted octanol–water partition coefficient (Wildman–Crippen LogP) is 2.93. The van der Waals surface area contributed by atoms with Gasteiger partial charge in [0.1, 0.15) is 11.8 Å². The molecule has 1 fully saturated rings. The molecule has 25 heavy (non-hydrogen) atoms. The molecule has 0 saturated carbocycles. The van der Waals surface area contributed by atoms with E-state index in [4.69, 9.17) is 4.42 Å². The van der Waals surface area contributed by atoms with E-state index < -0.39 is 6.04 Å². The maximum Gasteiger partial charge on any atom is 0.255 e. The zero-order valence-corrected chi connectivity index (χ0v) is 15.0. The number of furan rings is 1. The Kier molecular flexibility index (Phi) is 5.81. The van der Waals surface area contributed by atoms with Crippen molar-refractivity contribution in [1.82, 2.24) is 10.2 Å². The Hall–Kier alpha value is -2.21. The van der Waals surface area contributed by atoms with Crippen molar-refractivity contribution in [2.45, 2.75) is 31.8 Å². The van der Waals surface area contributed by atoms with Gasteiger partial charge in [-0.2, -0.15) is 0 Å². The molecule has 0 bridgehead atoms. The molecule has 1 aliphatic rings. The molecule has 6 heteroatoms. The van der Waals surface area contributed by atoms with Gasteiger partial charge in [0.25, 0.3) is 5.91 Å². The molecule has 1 saturated heterocycles. The van der Waals surface area contributed by atoms with E-state index in [0.29, 0.717) is 17.2 Å². The second-order valence-electron chi connectivity index (χ2n) is 6.18. The van der Waals surface area contributed by atoms with E-state index in [1.165, 1.54) is 0 Å². The van der Waals surface area contributed by atoms with Gasteiger partial charge in [0.15, 0.2) is 0 Å². The van der Waals surface area contributed by atoms with Crippen LogP contribution in [0.15, 0.2) is 53.1 Å². The highest BCUT2D eigenvalue weighted by atomic mass is 32.2. The number of rotatable bonds is 6. The van der Waals surface area contributed by atoms with Gasteiger partial charge in [-0.05, 0) is 37.6 Å². The third-order valence-electron chi connectivity index (χ3n) is 4.26. The number of nitrogens with zero attached hydrogens (tertiary/aromatic N) is 1. The van der Waals surface area contributed by atoms with Crippen molar-refractivity contribution in [3.8, 4) is 0 Å². The molecule has 1 aromatic heterocycles. The summed E-state index contributed by atoms with van der Waals surface area (Å²) in [5.74, 6) is 1.93. The summed E-state index contributed by atoms with van der Waals surface area (Å²) < 4.78 is 5.32. The molecule has 3 rings (SSSR count). The minimum atomic E-state index is -0.413. The lowest BCUT2D eigenvalue weighted by Crippen LogP contribution is -2.49. The van der Waals surface area contributed by atoms with Gasteiger partial charge in [-0.3, -0.25) is 9.59 Å². The van der Waals surface area contributed by atoms with Crippen molar-refractivity contribution in [2.24, 2.45) is 0 Å². The summed E-state index contributed by atoms with van der Waals surface area (Å²) in [6, 6.07) is 12.5.